The first-order valence-electron chi connectivity index (χ1n) is 5.37. The number of hydrogen-bond acceptors (Lipinski definition) is 3. The standard InChI is InChI=1S/C12H9ClF2N2O2S/c13-8-1-3-9(4-2-8)16-17-20(18,19)10-5-6-11(14)12(15)7-10/h1-7,16-17H. The van der Waals surface area contributed by atoms with Gasteiger partial charge >= 0.3 is 0 Å². The van der Waals surface area contributed by atoms with Crippen LogP contribution in [0.3, 0.4) is 0 Å². The Kier molecular flexibility index (Phi) is 4.22. The Labute approximate surface area is 119 Å². The summed E-state index contributed by atoms with van der Waals surface area (Å²) in [7, 11) is -4.01. The topological polar surface area (TPSA) is 58.2 Å². The molecule has 0 unspecified atom stereocenters. The van der Waals surface area contributed by atoms with Crippen LogP contribution in [0, 0.1) is 11.6 Å². The highest BCUT2D eigenvalue weighted by molar-refractivity contribution is 7.89. The van der Waals surface area contributed by atoms with E-state index in [9.17, 15) is 17.2 Å². The zero-order valence-electron chi connectivity index (χ0n) is 9.90. The van der Waals surface area contributed by atoms with Crippen molar-refractivity contribution in [1.29, 1.82) is 0 Å². The van der Waals surface area contributed by atoms with E-state index < -0.39 is 26.6 Å². The molecule has 2 aromatic carbocycles. The van der Waals surface area contributed by atoms with Crippen LogP contribution in [-0.4, -0.2) is 8.42 Å². The van der Waals surface area contributed by atoms with E-state index in [0.29, 0.717) is 16.8 Å². The molecule has 0 aliphatic heterocycles. The zero-order valence-corrected chi connectivity index (χ0v) is 11.5. The summed E-state index contributed by atoms with van der Waals surface area (Å²) >= 11 is 5.69. The molecule has 2 aromatic rings. The lowest BCUT2D eigenvalue weighted by atomic mass is 10.3. The van der Waals surface area contributed by atoms with Crippen molar-refractivity contribution < 1.29 is 17.2 Å². The number of sulfonamides is 1. The van der Waals surface area contributed by atoms with Gasteiger partial charge in [-0.1, -0.05) is 11.6 Å². The molecule has 0 fully saturated rings. The van der Waals surface area contributed by atoms with Gasteiger partial charge in [0.05, 0.1) is 4.90 Å². The van der Waals surface area contributed by atoms with E-state index in [1.54, 1.807) is 24.3 Å². The van der Waals surface area contributed by atoms with Gasteiger partial charge in [0.1, 0.15) is 0 Å². The third-order valence-corrected chi connectivity index (χ3v) is 3.87. The molecular formula is C12H9ClF2N2O2S. The fourth-order valence-electron chi connectivity index (χ4n) is 1.36. The molecule has 2 rings (SSSR count). The lowest BCUT2D eigenvalue weighted by Crippen LogP contribution is -2.29. The van der Waals surface area contributed by atoms with Crippen LogP contribution in [0.25, 0.3) is 0 Å². The lowest BCUT2D eigenvalue weighted by Gasteiger charge is -2.09. The van der Waals surface area contributed by atoms with Crippen LogP contribution in [0.2, 0.25) is 5.02 Å². The zero-order chi connectivity index (χ0) is 14.8. The Morgan fingerprint density at radius 1 is 0.950 bits per heavy atom. The van der Waals surface area contributed by atoms with Crippen molar-refractivity contribution in [2.24, 2.45) is 0 Å². The maximum absolute atomic E-state index is 13.0. The second-order valence-electron chi connectivity index (χ2n) is 3.81. The number of nitrogens with one attached hydrogen (secondary N) is 2. The van der Waals surface area contributed by atoms with E-state index in [0.717, 1.165) is 12.1 Å². The van der Waals surface area contributed by atoms with Crippen molar-refractivity contribution in [2.75, 3.05) is 5.43 Å². The molecule has 2 N–H and O–H groups in total. The summed E-state index contributed by atoms with van der Waals surface area (Å²) in [6.07, 6.45) is 0. The Morgan fingerprint density at radius 2 is 1.60 bits per heavy atom. The Balaban J connectivity index is 2.14. The minimum absolute atomic E-state index is 0.391. The van der Waals surface area contributed by atoms with Crippen LogP contribution in [-0.2, 0) is 10.0 Å². The predicted octanol–water partition coefficient (Wildman–Crippen LogP) is 2.92. The molecule has 0 atom stereocenters. The Bertz CT molecular complexity index is 721. The predicted molar refractivity (Wildman–Crippen MR) is 71.8 cm³/mol. The first-order valence-corrected chi connectivity index (χ1v) is 7.23. The fourth-order valence-corrected chi connectivity index (χ4v) is 2.36. The summed E-state index contributed by atoms with van der Waals surface area (Å²) < 4.78 is 49.5. The molecule has 4 nitrogen and oxygen atoms in total. The largest absolute Gasteiger partial charge is 0.308 e. The molecule has 0 saturated carbocycles. The molecule has 0 aromatic heterocycles. The number of hydrogen-bond donors (Lipinski definition) is 2. The van der Waals surface area contributed by atoms with Crippen molar-refractivity contribution >= 4 is 27.3 Å². The number of rotatable bonds is 4. The van der Waals surface area contributed by atoms with E-state index in [-0.39, 0.29) is 0 Å². The maximum atomic E-state index is 13.0. The van der Waals surface area contributed by atoms with Crippen molar-refractivity contribution in [3.63, 3.8) is 0 Å². The van der Waals surface area contributed by atoms with Crippen LogP contribution >= 0.6 is 11.6 Å². The summed E-state index contributed by atoms with van der Waals surface area (Å²) in [5, 5.41) is 0.499. The average Bonchev–Trinajstić information content (AvgIpc) is 2.41. The van der Waals surface area contributed by atoms with Crippen LogP contribution in [0.1, 0.15) is 0 Å². The third kappa shape index (κ3) is 3.44. The van der Waals surface area contributed by atoms with Crippen molar-refractivity contribution in [3.8, 4) is 0 Å². The maximum Gasteiger partial charge on any atom is 0.257 e. The van der Waals surface area contributed by atoms with Gasteiger partial charge in [0.25, 0.3) is 10.0 Å². The molecule has 0 aliphatic carbocycles. The number of hydrazine groups is 1. The van der Waals surface area contributed by atoms with Crippen LogP contribution in [0.4, 0.5) is 14.5 Å². The molecule has 0 amide bonds. The highest BCUT2D eigenvalue weighted by atomic mass is 35.5. The van der Waals surface area contributed by atoms with Crippen molar-refractivity contribution in [2.45, 2.75) is 4.90 Å². The second kappa shape index (κ2) is 5.74. The summed E-state index contributed by atoms with van der Waals surface area (Å²) in [6, 6.07) is 8.54. The lowest BCUT2D eigenvalue weighted by molar-refractivity contribution is 0.504. The van der Waals surface area contributed by atoms with E-state index >= 15 is 0 Å². The molecule has 8 heteroatoms. The van der Waals surface area contributed by atoms with Gasteiger partial charge in [-0.25, -0.2) is 17.2 Å². The molecule has 106 valence electrons. The van der Waals surface area contributed by atoms with Gasteiger partial charge in [0.2, 0.25) is 0 Å². The van der Waals surface area contributed by atoms with Gasteiger partial charge < -0.3 is 5.43 Å². The monoisotopic (exact) mass is 318 g/mol. The third-order valence-electron chi connectivity index (χ3n) is 2.38. The summed E-state index contributed by atoms with van der Waals surface area (Å²) in [4.78, 5) is 1.66. The average molecular weight is 319 g/mol. The highest BCUT2D eigenvalue weighted by Crippen LogP contribution is 2.15. The first kappa shape index (κ1) is 14.7. The Morgan fingerprint density at radius 3 is 2.20 bits per heavy atom. The van der Waals surface area contributed by atoms with Gasteiger partial charge in [-0.05, 0) is 42.5 Å². The minimum atomic E-state index is -4.01. The molecule has 0 heterocycles. The van der Waals surface area contributed by atoms with Crippen LogP contribution < -0.4 is 10.3 Å². The summed E-state index contributed by atoms with van der Waals surface area (Å²) in [5.41, 5.74) is 2.88. The van der Waals surface area contributed by atoms with E-state index in [1.807, 2.05) is 4.83 Å². The van der Waals surface area contributed by atoms with Gasteiger partial charge in [-0.2, -0.15) is 0 Å². The summed E-state index contributed by atoms with van der Waals surface area (Å²) in [5.74, 6) is -2.35. The number of benzene rings is 2. The molecule has 0 aliphatic rings. The normalized spacial score (nSPS) is 11.3. The van der Waals surface area contributed by atoms with Gasteiger partial charge in [-0.15, -0.1) is 4.83 Å². The molecule has 0 bridgehead atoms. The smallest absolute Gasteiger partial charge is 0.257 e. The first-order chi connectivity index (χ1) is 9.38. The molecular weight excluding hydrogens is 310 g/mol. The van der Waals surface area contributed by atoms with Crippen LogP contribution in [0.5, 0.6) is 0 Å². The van der Waals surface area contributed by atoms with Gasteiger partial charge in [0, 0.05) is 10.7 Å². The molecule has 20 heavy (non-hydrogen) atoms. The SMILES string of the molecule is O=S(=O)(NNc1ccc(Cl)cc1)c1ccc(F)c(F)c1. The van der Waals surface area contributed by atoms with E-state index in [2.05, 4.69) is 5.43 Å². The summed E-state index contributed by atoms with van der Waals surface area (Å²) in [6.45, 7) is 0. The molecule has 0 spiro atoms. The van der Waals surface area contributed by atoms with Gasteiger partial charge in [0.15, 0.2) is 11.6 Å². The van der Waals surface area contributed by atoms with E-state index in [4.69, 9.17) is 11.6 Å². The Hall–Kier alpha value is -1.70. The van der Waals surface area contributed by atoms with Crippen molar-refractivity contribution in [3.05, 3.63) is 59.1 Å². The molecule has 0 radical (unpaired) electrons. The molecule has 0 saturated heterocycles. The minimum Gasteiger partial charge on any atom is -0.308 e. The quantitative estimate of drug-likeness (QED) is 0.852. The number of anilines is 1. The van der Waals surface area contributed by atoms with Crippen LogP contribution in [0.15, 0.2) is 47.4 Å². The van der Waals surface area contributed by atoms with E-state index in [1.165, 1.54) is 0 Å². The number of halogens is 3. The second-order valence-corrected chi connectivity index (χ2v) is 5.93. The highest BCUT2D eigenvalue weighted by Gasteiger charge is 2.16. The fraction of sp³-hybridized carbons (Fsp3) is 0. The van der Waals surface area contributed by atoms with Crippen molar-refractivity contribution in [1.82, 2.24) is 4.83 Å². The van der Waals surface area contributed by atoms with Gasteiger partial charge in [-0.3, -0.25) is 0 Å².